The summed E-state index contributed by atoms with van der Waals surface area (Å²) >= 11 is 0. The van der Waals surface area contributed by atoms with Gasteiger partial charge in [0.05, 0.1) is 0 Å². The molecule has 2 aliphatic rings. The molecule has 3 rings (SSSR count). The number of hydrogen-bond acceptors (Lipinski definition) is 4. The maximum Gasteiger partial charge on any atom is 0.294 e. The van der Waals surface area contributed by atoms with Crippen molar-refractivity contribution in [2.45, 2.75) is 19.8 Å². The van der Waals surface area contributed by atoms with Crippen molar-refractivity contribution in [1.82, 2.24) is 0 Å². The van der Waals surface area contributed by atoms with Gasteiger partial charge in [0.15, 0.2) is 0 Å². The van der Waals surface area contributed by atoms with Crippen molar-refractivity contribution in [2.24, 2.45) is 0 Å². The number of nitrogens with one attached hydrogen (secondary N) is 1. The van der Waals surface area contributed by atoms with E-state index in [1.54, 1.807) is 11.0 Å². The number of benzene rings is 1. The van der Waals surface area contributed by atoms with Crippen molar-refractivity contribution in [1.29, 1.82) is 0 Å². The van der Waals surface area contributed by atoms with Crippen molar-refractivity contribution < 1.29 is 19.1 Å². The fraction of sp³-hybridized carbons (Fsp3) is 0.375. The van der Waals surface area contributed by atoms with Crippen molar-refractivity contribution in [3.63, 3.8) is 0 Å². The van der Waals surface area contributed by atoms with Crippen LogP contribution >= 0.6 is 0 Å². The standard InChI is InChI=1S/C16H18N2O4/c1-11-9-12(17-16(20)14-10-21-7-8-22-14)4-5-13(11)18-6-2-3-15(18)19/h4-5,9-10H,2-3,6-8H2,1H3,(H,17,20). The van der Waals surface area contributed by atoms with Crippen LogP contribution in [-0.4, -0.2) is 31.6 Å². The van der Waals surface area contributed by atoms with Crippen LogP contribution in [0.5, 0.6) is 0 Å². The second kappa shape index (κ2) is 6.09. The van der Waals surface area contributed by atoms with E-state index in [-0.39, 0.29) is 17.6 Å². The number of nitrogens with zero attached hydrogens (tertiary/aromatic N) is 1. The highest BCUT2D eigenvalue weighted by Gasteiger charge is 2.23. The van der Waals surface area contributed by atoms with Crippen LogP contribution in [0.4, 0.5) is 11.4 Å². The summed E-state index contributed by atoms with van der Waals surface area (Å²) < 4.78 is 10.3. The van der Waals surface area contributed by atoms with E-state index in [4.69, 9.17) is 9.47 Å². The molecule has 0 saturated carbocycles. The van der Waals surface area contributed by atoms with Gasteiger partial charge in [-0.05, 0) is 37.1 Å². The lowest BCUT2D eigenvalue weighted by Gasteiger charge is -2.19. The molecule has 0 bridgehead atoms. The van der Waals surface area contributed by atoms with Crippen LogP contribution in [-0.2, 0) is 19.1 Å². The van der Waals surface area contributed by atoms with Crippen LogP contribution in [0.25, 0.3) is 0 Å². The fourth-order valence-electron chi connectivity index (χ4n) is 2.62. The van der Waals surface area contributed by atoms with Gasteiger partial charge in [-0.2, -0.15) is 0 Å². The molecule has 6 nitrogen and oxygen atoms in total. The number of amides is 2. The lowest BCUT2D eigenvalue weighted by Crippen LogP contribution is -2.24. The minimum atomic E-state index is -0.343. The Bertz CT molecular complexity index is 639. The van der Waals surface area contributed by atoms with Gasteiger partial charge in [-0.3, -0.25) is 9.59 Å². The third kappa shape index (κ3) is 2.90. The van der Waals surface area contributed by atoms with Gasteiger partial charge in [-0.25, -0.2) is 0 Å². The summed E-state index contributed by atoms with van der Waals surface area (Å²) in [6.07, 6.45) is 2.81. The molecule has 1 aromatic rings. The lowest BCUT2D eigenvalue weighted by molar-refractivity contribution is -0.118. The number of carbonyl (C=O) groups is 2. The molecule has 0 aromatic heterocycles. The normalized spacial score (nSPS) is 17.6. The molecule has 1 aromatic carbocycles. The Labute approximate surface area is 128 Å². The van der Waals surface area contributed by atoms with Gasteiger partial charge in [0.25, 0.3) is 5.91 Å². The molecule has 0 unspecified atom stereocenters. The summed E-state index contributed by atoms with van der Waals surface area (Å²) in [6.45, 7) is 3.50. The van der Waals surface area contributed by atoms with Crippen LogP contribution in [0, 0.1) is 6.92 Å². The van der Waals surface area contributed by atoms with E-state index in [1.807, 2.05) is 19.1 Å². The van der Waals surface area contributed by atoms with E-state index in [0.717, 1.165) is 24.2 Å². The molecule has 22 heavy (non-hydrogen) atoms. The van der Waals surface area contributed by atoms with E-state index >= 15 is 0 Å². The predicted octanol–water partition coefficient (Wildman–Crippen LogP) is 1.95. The van der Waals surface area contributed by atoms with E-state index in [0.29, 0.717) is 25.3 Å². The Morgan fingerprint density at radius 1 is 1.32 bits per heavy atom. The second-order valence-electron chi connectivity index (χ2n) is 5.31. The molecule has 0 spiro atoms. The fourth-order valence-corrected chi connectivity index (χ4v) is 2.62. The number of anilines is 2. The van der Waals surface area contributed by atoms with E-state index in [2.05, 4.69) is 5.32 Å². The maximum atomic E-state index is 12.0. The number of ether oxygens (including phenoxy) is 2. The van der Waals surface area contributed by atoms with E-state index in [1.165, 1.54) is 6.26 Å². The minimum Gasteiger partial charge on any atom is -0.494 e. The maximum absolute atomic E-state index is 12.0. The van der Waals surface area contributed by atoms with Gasteiger partial charge in [0.2, 0.25) is 11.7 Å². The Kier molecular flexibility index (Phi) is 4.00. The summed E-state index contributed by atoms with van der Waals surface area (Å²) in [5.74, 6) is -0.0235. The van der Waals surface area contributed by atoms with Gasteiger partial charge in [0, 0.05) is 24.3 Å². The van der Waals surface area contributed by atoms with Gasteiger partial charge in [0.1, 0.15) is 19.5 Å². The van der Waals surface area contributed by atoms with Gasteiger partial charge >= 0.3 is 0 Å². The minimum absolute atomic E-state index is 0.151. The molecular weight excluding hydrogens is 284 g/mol. The quantitative estimate of drug-likeness (QED) is 0.926. The van der Waals surface area contributed by atoms with Crippen LogP contribution < -0.4 is 10.2 Å². The Morgan fingerprint density at radius 2 is 2.18 bits per heavy atom. The number of rotatable bonds is 3. The van der Waals surface area contributed by atoms with E-state index in [9.17, 15) is 9.59 Å². The third-order valence-electron chi connectivity index (χ3n) is 3.69. The molecule has 6 heteroatoms. The second-order valence-corrected chi connectivity index (χ2v) is 5.31. The average Bonchev–Trinajstić information content (AvgIpc) is 2.94. The molecule has 0 aliphatic carbocycles. The highest BCUT2D eigenvalue weighted by atomic mass is 16.6. The molecule has 2 aliphatic heterocycles. The predicted molar refractivity (Wildman–Crippen MR) is 81.4 cm³/mol. The van der Waals surface area contributed by atoms with Gasteiger partial charge in [-0.1, -0.05) is 0 Å². The molecule has 1 N–H and O–H groups in total. The Hall–Kier alpha value is -2.50. The molecule has 0 radical (unpaired) electrons. The smallest absolute Gasteiger partial charge is 0.294 e. The zero-order chi connectivity index (χ0) is 15.5. The zero-order valence-corrected chi connectivity index (χ0v) is 12.4. The Morgan fingerprint density at radius 3 is 2.82 bits per heavy atom. The van der Waals surface area contributed by atoms with Crippen molar-refractivity contribution in [3.05, 3.63) is 35.8 Å². The lowest BCUT2D eigenvalue weighted by atomic mass is 10.1. The Balaban J connectivity index is 1.73. The largest absolute Gasteiger partial charge is 0.494 e. The van der Waals surface area contributed by atoms with Crippen LogP contribution in [0.2, 0.25) is 0 Å². The first-order valence-corrected chi connectivity index (χ1v) is 7.32. The average molecular weight is 302 g/mol. The van der Waals surface area contributed by atoms with Crippen molar-refractivity contribution >= 4 is 23.2 Å². The molecule has 2 amide bonds. The zero-order valence-electron chi connectivity index (χ0n) is 12.4. The van der Waals surface area contributed by atoms with Crippen LogP contribution in [0.3, 0.4) is 0 Å². The van der Waals surface area contributed by atoms with Gasteiger partial charge < -0.3 is 19.7 Å². The number of hydrogen-bond donors (Lipinski definition) is 1. The monoisotopic (exact) mass is 302 g/mol. The van der Waals surface area contributed by atoms with Crippen LogP contribution in [0.1, 0.15) is 18.4 Å². The summed E-state index contributed by atoms with van der Waals surface area (Å²) in [5, 5.41) is 2.77. The first kappa shape index (κ1) is 14.4. The molecule has 1 saturated heterocycles. The summed E-state index contributed by atoms with van der Waals surface area (Å²) in [5.41, 5.74) is 2.51. The summed E-state index contributed by atoms with van der Waals surface area (Å²) in [6, 6.07) is 5.50. The van der Waals surface area contributed by atoms with Gasteiger partial charge in [-0.15, -0.1) is 0 Å². The first-order chi connectivity index (χ1) is 10.6. The molecule has 1 fully saturated rings. The molecule has 2 heterocycles. The SMILES string of the molecule is Cc1cc(NC(=O)C2=COCCO2)ccc1N1CCCC1=O. The number of carbonyl (C=O) groups excluding carboxylic acids is 2. The molecule has 0 atom stereocenters. The highest BCUT2D eigenvalue weighted by Crippen LogP contribution is 2.27. The first-order valence-electron chi connectivity index (χ1n) is 7.32. The number of aryl methyl sites for hydroxylation is 1. The summed E-state index contributed by atoms with van der Waals surface area (Å²) in [4.78, 5) is 25.6. The highest BCUT2D eigenvalue weighted by molar-refractivity contribution is 6.02. The van der Waals surface area contributed by atoms with Crippen molar-refractivity contribution in [3.8, 4) is 0 Å². The third-order valence-corrected chi connectivity index (χ3v) is 3.69. The topological polar surface area (TPSA) is 67.9 Å². The summed E-state index contributed by atoms with van der Waals surface area (Å²) in [7, 11) is 0. The van der Waals surface area contributed by atoms with Crippen molar-refractivity contribution in [2.75, 3.05) is 30.0 Å². The van der Waals surface area contributed by atoms with Crippen LogP contribution in [0.15, 0.2) is 30.2 Å². The molecule has 116 valence electrons. The molecular formula is C16H18N2O4. The van der Waals surface area contributed by atoms with E-state index < -0.39 is 0 Å².